The third-order valence-corrected chi connectivity index (χ3v) is 5.91. The molecule has 0 spiro atoms. The van der Waals surface area contributed by atoms with Crippen molar-refractivity contribution in [2.75, 3.05) is 20.2 Å². The molecule has 0 aromatic heterocycles. The van der Waals surface area contributed by atoms with E-state index in [1.54, 1.807) is 4.90 Å². The molecule has 2 atom stereocenters. The van der Waals surface area contributed by atoms with E-state index in [2.05, 4.69) is 32.6 Å². The fraction of sp³-hybridized carbons (Fsp3) is 0.889. The molecule has 0 aromatic carbocycles. The average Bonchev–Trinajstić information content (AvgIpc) is 2.49. The van der Waals surface area contributed by atoms with Gasteiger partial charge in [0.05, 0.1) is 13.0 Å². The number of piperidine rings is 2. The number of carbonyl (C=O) groups is 2. The first-order chi connectivity index (χ1) is 11.1. The van der Waals surface area contributed by atoms with Crippen LogP contribution in [0, 0.1) is 5.92 Å². The highest BCUT2D eigenvalue weighted by Gasteiger charge is 2.45. The molecule has 1 N–H and O–H groups in total. The fourth-order valence-corrected chi connectivity index (χ4v) is 4.55. The number of hydrogen-bond acceptors (Lipinski definition) is 4. The summed E-state index contributed by atoms with van der Waals surface area (Å²) in [6.45, 7) is 10.1. The maximum Gasteiger partial charge on any atom is 0.409 e. The zero-order valence-electron chi connectivity index (χ0n) is 15.7. The molecule has 2 fully saturated rings. The molecule has 6 heteroatoms. The number of ether oxygens (including phenoxy) is 1. The van der Waals surface area contributed by atoms with Crippen LogP contribution < -0.4 is 0 Å². The zero-order valence-corrected chi connectivity index (χ0v) is 15.7. The number of carboxylic acid groups (broad SMARTS) is 1. The molecule has 6 nitrogen and oxygen atoms in total. The number of aliphatic carboxylic acids is 1. The first-order valence-corrected chi connectivity index (χ1v) is 8.93. The Hall–Kier alpha value is -1.30. The average molecular weight is 340 g/mol. The highest BCUT2D eigenvalue weighted by Crippen LogP contribution is 2.39. The summed E-state index contributed by atoms with van der Waals surface area (Å²) in [5.41, 5.74) is 0.0828. The van der Waals surface area contributed by atoms with Crippen LogP contribution in [0.1, 0.15) is 59.8 Å². The molecular formula is C18H32N2O4. The van der Waals surface area contributed by atoms with Crippen LogP contribution in [0.5, 0.6) is 0 Å². The lowest BCUT2D eigenvalue weighted by molar-refractivity contribution is -0.144. The lowest BCUT2D eigenvalue weighted by Crippen LogP contribution is -2.63. The highest BCUT2D eigenvalue weighted by atomic mass is 16.5. The Kier molecular flexibility index (Phi) is 5.47. The van der Waals surface area contributed by atoms with E-state index < -0.39 is 5.97 Å². The normalized spacial score (nSPS) is 30.0. The van der Waals surface area contributed by atoms with E-state index in [-0.39, 0.29) is 29.1 Å². The van der Waals surface area contributed by atoms with Crippen molar-refractivity contribution in [2.45, 2.75) is 76.9 Å². The quantitative estimate of drug-likeness (QED) is 0.855. The number of rotatable bonds is 3. The summed E-state index contributed by atoms with van der Waals surface area (Å²) in [5.74, 6) is -1.14. The lowest BCUT2D eigenvalue weighted by atomic mass is 9.78. The van der Waals surface area contributed by atoms with Gasteiger partial charge in [0.15, 0.2) is 0 Å². The molecule has 24 heavy (non-hydrogen) atoms. The molecule has 138 valence electrons. The molecular weight excluding hydrogens is 308 g/mol. The third kappa shape index (κ3) is 3.85. The van der Waals surface area contributed by atoms with Crippen LogP contribution in [-0.2, 0) is 9.53 Å². The van der Waals surface area contributed by atoms with Crippen molar-refractivity contribution in [3.8, 4) is 0 Å². The van der Waals surface area contributed by atoms with Gasteiger partial charge >= 0.3 is 12.1 Å². The van der Waals surface area contributed by atoms with Gasteiger partial charge in [-0.2, -0.15) is 0 Å². The second-order valence-corrected chi connectivity index (χ2v) is 8.47. The minimum atomic E-state index is -0.762. The maximum atomic E-state index is 12.2. The number of carbonyl (C=O) groups excluding carboxylic acids is 1. The summed E-state index contributed by atoms with van der Waals surface area (Å²) in [6, 6.07) is -0.121. The molecule has 1 amide bonds. The Morgan fingerprint density at radius 2 is 1.75 bits per heavy atom. The summed E-state index contributed by atoms with van der Waals surface area (Å²) < 4.78 is 4.93. The van der Waals surface area contributed by atoms with Crippen LogP contribution >= 0.6 is 0 Å². The number of carboxylic acids is 1. The van der Waals surface area contributed by atoms with E-state index in [1.165, 1.54) is 13.5 Å². The fourth-order valence-electron chi connectivity index (χ4n) is 4.55. The molecule has 2 saturated heterocycles. The van der Waals surface area contributed by atoms with Crippen molar-refractivity contribution in [3.63, 3.8) is 0 Å². The first-order valence-electron chi connectivity index (χ1n) is 8.93. The van der Waals surface area contributed by atoms with Crippen molar-refractivity contribution < 1.29 is 19.4 Å². The molecule has 2 aliphatic rings. The van der Waals surface area contributed by atoms with Gasteiger partial charge in [-0.3, -0.25) is 9.69 Å². The molecule has 0 unspecified atom stereocenters. The standard InChI is InChI=1S/C18H32N2O4/c1-17(2)8-6-9-18(3,4)20(17)12-14-11-13(15(21)22)7-10-19(14)16(23)24-5/h13-14H,6-12H2,1-5H3,(H,21,22)/t13-,14+/m0/s1. The zero-order chi connectivity index (χ0) is 18.1. The van der Waals surface area contributed by atoms with Gasteiger partial charge in [0.2, 0.25) is 0 Å². The maximum absolute atomic E-state index is 12.2. The van der Waals surface area contributed by atoms with Gasteiger partial charge in [0, 0.05) is 30.2 Å². The molecule has 2 heterocycles. The topological polar surface area (TPSA) is 70.1 Å². The predicted octanol–water partition coefficient (Wildman–Crippen LogP) is 2.96. The summed E-state index contributed by atoms with van der Waals surface area (Å²) in [7, 11) is 1.39. The highest BCUT2D eigenvalue weighted by molar-refractivity contribution is 5.72. The van der Waals surface area contributed by atoms with E-state index in [0.717, 1.165) is 12.8 Å². The number of amides is 1. The smallest absolute Gasteiger partial charge is 0.409 e. The Morgan fingerprint density at radius 1 is 1.17 bits per heavy atom. The first kappa shape index (κ1) is 19.0. The summed E-state index contributed by atoms with van der Waals surface area (Å²) in [4.78, 5) is 27.8. The molecule has 0 aromatic rings. The van der Waals surface area contributed by atoms with E-state index in [9.17, 15) is 14.7 Å². The van der Waals surface area contributed by atoms with E-state index in [4.69, 9.17) is 4.74 Å². The number of nitrogens with zero attached hydrogens (tertiary/aromatic N) is 2. The van der Waals surface area contributed by atoms with Gasteiger partial charge < -0.3 is 14.7 Å². The van der Waals surface area contributed by atoms with Gasteiger partial charge in [-0.15, -0.1) is 0 Å². The third-order valence-electron chi connectivity index (χ3n) is 5.91. The minimum Gasteiger partial charge on any atom is -0.481 e. The SMILES string of the molecule is COC(=O)N1CC[C@H](C(=O)O)C[C@@H]1CN1C(C)(C)CCCC1(C)C. The summed E-state index contributed by atoms with van der Waals surface area (Å²) >= 11 is 0. The number of hydrogen-bond donors (Lipinski definition) is 1. The van der Waals surface area contributed by atoms with Crippen LogP contribution in [0.4, 0.5) is 4.79 Å². The minimum absolute atomic E-state index is 0.0414. The largest absolute Gasteiger partial charge is 0.481 e. The summed E-state index contributed by atoms with van der Waals surface area (Å²) in [6.07, 6.45) is 4.06. The Labute approximate surface area is 145 Å². The second kappa shape index (κ2) is 6.90. The molecule has 0 aliphatic carbocycles. The van der Waals surface area contributed by atoms with E-state index in [0.29, 0.717) is 25.9 Å². The molecule has 0 bridgehead atoms. The Morgan fingerprint density at radius 3 is 2.25 bits per heavy atom. The molecule has 2 rings (SSSR count). The van der Waals surface area contributed by atoms with Gasteiger partial charge in [-0.1, -0.05) is 0 Å². The number of methoxy groups -OCH3 is 1. The van der Waals surface area contributed by atoms with Crippen molar-refractivity contribution in [3.05, 3.63) is 0 Å². The number of likely N-dealkylation sites (tertiary alicyclic amines) is 2. The molecule has 0 saturated carbocycles. The predicted molar refractivity (Wildman–Crippen MR) is 92.0 cm³/mol. The van der Waals surface area contributed by atoms with Crippen molar-refractivity contribution in [2.24, 2.45) is 5.92 Å². The van der Waals surface area contributed by atoms with Crippen molar-refractivity contribution in [1.82, 2.24) is 9.80 Å². The van der Waals surface area contributed by atoms with Crippen LogP contribution in [-0.4, -0.2) is 64.3 Å². The molecule has 0 radical (unpaired) electrons. The Bertz CT molecular complexity index is 473. The summed E-state index contributed by atoms with van der Waals surface area (Å²) in [5, 5.41) is 9.40. The van der Waals surface area contributed by atoms with Crippen molar-refractivity contribution in [1.29, 1.82) is 0 Å². The monoisotopic (exact) mass is 340 g/mol. The Balaban J connectivity index is 2.23. The van der Waals surface area contributed by atoms with Gasteiger partial charge in [0.25, 0.3) is 0 Å². The van der Waals surface area contributed by atoms with Crippen LogP contribution in [0.25, 0.3) is 0 Å². The van der Waals surface area contributed by atoms with Gasteiger partial charge in [0.1, 0.15) is 0 Å². The van der Waals surface area contributed by atoms with E-state index in [1.807, 2.05) is 0 Å². The van der Waals surface area contributed by atoms with Crippen LogP contribution in [0.3, 0.4) is 0 Å². The van der Waals surface area contributed by atoms with Crippen LogP contribution in [0.2, 0.25) is 0 Å². The molecule has 2 aliphatic heterocycles. The van der Waals surface area contributed by atoms with E-state index >= 15 is 0 Å². The van der Waals surface area contributed by atoms with Crippen LogP contribution in [0.15, 0.2) is 0 Å². The van der Waals surface area contributed by atoms with Crippen molar-refractivity contribution >= 4 is 12.1 Å². The second-order valence-electron chi connectivity index (χ2n) is 8.47. The lowest BCUT2D eigenvalue weighted by Gasteiger charge is -2.55. The van der Waals surface area contributed by atoms with Gasteiger partial charge in [-0.05, 0) is 59.8 Å². The van der Waals surface area contributed by atoms with Gasteiger partial charge in [-0.25, -0.2) is 4.79 Å².